The molecule has 0 amide bonds. The molecule has 0 bridgehead atoms. The molecule has 0 saturated heterocycles. The summed E-state index contributed by atoms with van der Waals surface area (Å²) in [5.74, 6) is 0. The lowest BCUT2D eigenvalue weighted by Gasteiger charge is -1.94. The largest absolute Gasteiger partial charge is 0.135 e. The zero-order chi connectivity index (χ0) is 23.8. The zero-order valence-electron chi connectivity index (χ0n) is 19.3. The van der Waals surface area contributed by atoms with Crippen LogP contribution >= 0.6 is 57.1 Å². The minimum absolute atomic E-state index is 1.25. The Balaban J connectivity index is 1.13. The zero-order valence-corrected chi connectivity index (χ0v) is 23.4. The summed E-state index contributed by atoms with van der Waals surface area (Å²) in [6, 6.07) is 26.7. The van der Waals surface area contributed by atoms with Crippen LogP contribution in [0.2, 0.25) is 0 Å². The first-order chi connectivity index (χ1) is 17.1. The van der Waals surface area contributed by atoms with Crippen LogP contribution in [0, 0.1) is 13.8 Å². The average molecular weight is 543 g/mol. The van der Waals surface area contributed by atoms with Gasteiger partial charge in [0.2, 0.25) is 0 Å². The molecular formula is C30H22S5. The van der Waals surface area contributed by atoms with Crippen LogP contribution in [0.15, 0.2) is 81.2 Å². The number of thiophene rings is 4. The molecule has 0 fully saturated rings. The van der Waals surface area contributed by atoms with Gasteiger partial charge < -0.3 is 0 Å². The van der Waals surface area contributed by atoms with Gasteiger partial charge in [-0.15, -0.1) is 45.3 Å². The number of benzene rings is 2. The Morgan fingerprint density at radius 2 is 0.886 bits per heavy atom. The van der Waals surface area contributed by atoms with Crippen molar-refractivity contribution in [2.24, 2.45) is 0 Å². The van der Waals surface area contributed by atoms with Crippen LogP contribution in [0.4, 0.5) is 0 Å². The van der Waals surface area contributed by atoms with Gasteiger partial charge in [-0.25, -0.2) is 0 Å². The van der Waals surface area contributed by atoms with Crippen LogP contribution in [-0.4, -0.2) is 0 Å². The van der Waals surface area contributed by atoms with E-state index in [0.29, 0.717) is 0 Å². The molecule has 0 unspecified atom stereocenters. The summed E-state index contributed by atoms with van der Waals surface area (Å²) in [7, 11) is 0. The Morgan fingerprint density at radius 1 is 0.486 bits per heavy atom. The number of aryl methyl sites for hydroxylation is 2. The van der Waals surface area contributed by atoms with Crippen LogP contribution in [0.5, 0.6) is 0 Å². The highest BCUT2D eigenvalue weighted by molar-refractivity contribution is 8.03. The van der Waals surface area contributed by atoms with E-state index in [9.17, 15) is 0 Å². The highest BCUT2D eigenvalue weighted by Gasteiger charge is 2.11. The molecule has 0 saturated carbocycles. The molecule has 0 aliphatic heterocycles. The molecule has 172 valence electrons. The Kier molecular flexibility index (Phi) is 6.52. The Labute approximate surface area is 225 Å². The molecule has 35 heavy (non-hydrogen) atoms. The van der Waals surface area contributed by atoms with Gasteiger partial charge in [0.25, 0.3) is 0 Å². The van der Waals surface area contributed by atoms with Crippen LogP contribution in [0.3, 0.4) is 0 Å². The molecule has 0 nitrogen and oxygen atoms in total. The molecule has 4 heterocycles. The van der Waals surface area contributed by atoms with Crippen molar-refractivity contribution < 1.29 is 0 Å². The monoisotopic (exact) mass is 542 g/mol. The van der Waals surface area contributed by atoms with E-state index >= 15 is 0 Å². The second kappa shape index (κ2) is 9.92. The van der Waals surface area contributed by atoms with Gasteiger partial charge in [0, 0.05) is 28.6 Å². The summed E-state index contributed by atoms with van der Waals surface area (Å²) >= 11 is 9.44. The number of fused-ring (bicyclic) bond motifs is 2. The highest BCUT2D eigenvalue weighted by Crippen LogP contribution is 2.45. The van der Waals surface area contributed by atoms with E-state index in [2.05, 4.69) is 111 Å². The van der Waals surface area contributed by atoms with Crippen molar-refractivity contribution in [1.82, 2.24) is 0 Å². The van der Waals surface area contributed by atoms with E-state index in [1.165, 1.54) is 59.2 Å². The Hall–Kier alpha value is -2.41. The molecule has 0 aliphatic rings. The maximum absolute atomic E-state index is 2.35. The normalized spacial score (nSPS) is 12.2. The van der Waals surface area contributed by atoms with E-state index in [-0.39, 0.29) is 0 Å². The molecule has 6 rings (SSSR count). The fraction of sp³-hybridized carbons (Fsp3) is 0.0667. The molecule has 6 aromatic rings. The summed E-state index contributed by atoms with van der Waals surface area (Å²) in [4.78, 5) is 2.62. The highest BCUT2D eigenvalue weighted by atomic mass is 32.2. The topological polar surface area (TPSA) is 0 Å². The van der Waals surface area contributed by atoms with Gasteiger partial charge in [-0.3, -0.25) is 0 Å². The molecular weight excluding hydrogens is 521 g/mol. The first-order valence-corrected chi connectivity index (χ1v) is 15.4. The van der Waals surface area contributed by atoms with E-state index in [1.807, 2.05) is 57.1 Å². The predicted octanol–water partition coefficient (Wildman–Crippen LogP) is 11.3. The summed E-state index contributed by atoms with van der Waals surface area (Å²) in [5.41, 5.74) is 5.08. The summed E-state index contributed by atoms with van der Waals surface area (Å²) < 4.78 is 8.25. The fourth-order valence-electron chi connectivity index (χ4n) is 3.74. The maximum atomic E-state index is 2.35. The van der Waals surface area contributed by atoms with Crippen LogP contribution in [0.25, 0.3) is 43.1 Å². The van der Waals surface area contributed by atoms with Gasteiger partial charge in [0.1, 0.15) is 0 Å². The van der Waals surface area contributed by atoms with Crippen LogP contribution in [-0.2, 0) is 0 Å². The Bertz CT molecular complexity index is 1480. The molecule has 0 spiro atoms. The second-order valence-electron chi connectivity index (χ2n) is 8.48. The lowest BCUT2D eigenvalue weighted by Crippen LogP contribution is -1.72. The van der Waals surface area contributed by atoms with Crippen molar-refractivity contribution in [1.29, 1.82) is 0 Å². The van der Waals surface area contributed by atoms with E-state index < -0.39 is 0 Å². The predicted molar refractivity (Wildman–Crippen MR) is 164 cm³/mol. The SMILES string of the molecule is Cc1ccc(C=Cc2cc3sc(Sc4cc5sc(C=Cc6ccc(C)cc6)cc5s4)cc3s2)cc1. The smallest absolute Gasteiger partial charge is 0.0675 e. The number of rotatable bonds is 6. The van der Waals surface area contributed by atoms with Gasteiger partial charge in [-0.2, -0.15) is 0 Å². The van der Waals surface area contributed by atoms with Crippen molar-refractivity contribution in [3.05, 3.63) is 105 Å². The molecule has 0 atom stereocenters. The molecule has 0 radical (unpaired) electrons. The fourth-order valence-corrected chi connectivity index (χ4v) is 10.1. The molecule has 2 aromatic carbocycles. The van der Waals surface area contributed by atoms with Gasteiger partial charge in [0.05, 0.1) is 8.42 Å². The molecule has 4 aromatic heterocycles. The molecule has 5 heteroatoms. The average Bonchev–Trinajstić information content (AvgIpc) is 3.58. The minimum Gasteiger partial charge on any atom is -0.135 e. The van der Waals surface area contributed by atoms with Crippen molar-refractivity contribution in [3.63, 3.8) is 0 Å². The van der Waals surface area contributed by atoms with Crippen molar-refractivity contribution in [2.75, 3.05) is 0 Å². The van der Waals surface area contributed by atoms with Gasteiger partial charge in [0.15, 0.2) is 0 Å². The van der Waals surface area contributed by atoms with E-state index in [1.54, 1.807) is 0 Å². The summed E-state index contributed by atoms with van der Waals surface area (Å²) in [6.45, 7) is 4.25. The van der Waals surface area contributed by atoms with Crippen LogP contribution in [0.1, 0.15) is 32.0 Å². The van der Waals surface area contributed by atoms with E-state index in [4.69, 9.17) is 0 Å². The maximum Gasteiger partial charge on any atom is 0.0675 e. The number of hydrogen-bond acceptors (Lipinski definition) is 5. The van der Waals surface area contributed by atoms with Gasteiger partial charge >= 0.3 is 0 Å². The summed E-state index contributed by atoms with van der Waals surface area (Å²) in [5, 5.41) is 0. The van der Waals surface area contributed by atoms with Gasteiger partial charge in [-0.05, 0) is 61.4 Å². The standard InChI is InChI=1S/C30H22S5/c1-19-3-7-21(8-4-19)11-13-23-15-25-27(31-23)17-29(33-25)35-30-18-28-26(34-30)16-24(32-28)14-12-22-9-5-20(2)6-10-22/h3-18H,1-2H3. The first-order valence-electron chi connectivity index (χ1n) is 11.3. The third-order valence-corrected chi connectivity index (χ3v) is 11.4. The van der Waals surface area contributed by atoms with Crippen molar-refractivity contribution >= 4 is 100 Å². The third-order valence-electron chi connectivity index (χ3n) is 5.64. The minimum atomic E-state index is 1.25. The van der Waals surface area contributed by atoms with Crippen LogP contribution < -0.4 is 0 Å². The first kappa shape index (κ1) is 23.0. The number of hydrogen-bond donors (Lipinski definition) is 0. The van der Waals surface area contributed by atoms with Crippen molar-refractivity contribution in [2.45, 2.75) is 22.3 Å². The van der Waals surface area contributed by atoms with Crippen molar-refractivity contribution in [3.8, 4) is 0 Å². The third kappa shape index (κ3) is 5.40. The second-order valence-corrected chi connectivity index (χ2v) is 14.5. The Morgan fingerprint density at radius 3 is 1.29 bits per heavy atom. The summed E-state index contributed by atoms with van der Waals surface area (Å²) in [6.07, 6.45) is 8.86. The lowest BCUT2D eigenvalue weighted by atomic mass is 10.1. The lowest BCUT2D eigenvalue weighted by molar-refractivity contribution is 1.46. The molecule has 0 aliphatic carbocycles. The quantitative estimate of drug-likeness (QED) is 0.202. The molecule has 0 N–H and O–H groups in total. The van der Waals surface area contributed by atoms with Gasteiger partial charge in [-0.1, -0.05) is 83.6 Å². The van der Waals surface area contributed by atoms with E-state index in [0.717, 1.165) is 0 Å².